The molecule has 1 heterocycles. The number of ether oxygens (including phenoxy) is 1. The molecule has 0 bridgehead atoms. The first-order valence-electron chi connectivity index (χ1n) is 19.7. The molecule has 2 aliphatic rings. The second-order valence-corrected chi connectivity index (χ2v) is 15.0. The fourth-order valence-corrected chi connectivity index (χ4v) is 4.53. The van der Waals surface area contributed by atoms with Crippen LogP contribution in [-0.4, -0.2) is 66.5 Å². The van der Waals surface area contributed by atoms with Gasteiger partial charge in [0.15, 0.2) is 5.88 Å². The number of nitrogens with zero attached hydrogens (tertiary/aromatic N) is 1. The summed E-state index contributed by atoms with van der Waals surface area (Å²) in [5, 5.41) is 15.7. The van der Waals surface area contributed by atoms with Gasteiger partial charge in [-0.3, -0.25) is 9.52 Å². The minimum absolute atomic E-state index is 0.0185. The van der Waals surface area contributed by atoms with Crippen LogP contribution in [0, 0.1) is 38.5 Å². The number of aliphatic hydroxyl groups is 1. The Morgan fingerprint density at radius 3 is 1.71 bits per heavy atom. The molecular formula is C46H86N4O5S. The summed E-state index contributed by atoms with van der Waals surface area (Å²) >= 11 is 0. The Labute approximate surface area is 348 Å². The van der Waals surface area contributed by atoms with Gasteiger partial charge in [-0.2, -0.15) is 0 Å². The van der Waals surface area contributed by atoms with E-state index in [1.54, 1.807) is 6.92 Å². The number of β-amino-alcohol motifs (C(OH)–C–C–N with tert-alkyl or cyclic N) is 1. The van der Waals surface area contributed by atoms with E-state index in [4.69, 9.17) is 4.74 Å². The van der Waals surface area contributed by atoms with Crippen LogP contribution in [0.1, 0.15) is 128 Å². The number of nitrogens with one attached hydrogen (secondary N) is 3. The second kappa shape index (κ2) is 43.6. The van der Waals surface area contributed by atoms with E-state index in [2.05, 4.69) is 114 Å². The first-order chi connectivity index (χ1) is 26.3. The van der Waals surface area contributed by atoms with Crippen LogP contribution in [0.2, 0.25) is 0 Å². The van der Waals surface area contributed by atoms with Gasteiger partial charge in [-0.1, -0.05) is 118 Å². The van der Waals surface area contributed by atoms with Crippen LogP contribution in [0.15, 0.2) is 81.0 Å². The smallest absolute Gasteiger partial charge is 0.243 e. The van der Waals surface area contributed by atoms with Crippen molar-refractivity contribution >= 4 is 15.9 Å². The highest BCUT2D eigenvalue weighted by Gasteiger charge is 2.38. The van der Waals surface area contributed by atoms with E-state index >= 15 is 0 Å². The molecule has 3 atom stereocenters. The van der Waals surface area contributed by atoms with E-state index < -0.39 is 16.1 Å². The van der Waals surface area contributed by atoms with Gasteiger partial charge in [-0.05, 0) is 66.4 Å². The molecule has 1 unspecified atom stereocenters. The number of carbonyl (C=O) groups is 1. The summed E-state index contributed by atoms with van der Waals surface area (Å²) < 4.78 is 29.8. The Bertz CT molecular complexity index is 1210. The summed E-state index contributed by atoms with van der Waals surface area (Å²) in [5.41, 5.74) is 1.75. The third kappa shape index (κ3) is 42.6. The molecule has 1 saturated heterocycles. The number of hydrogen-bond acceptors (Lipinski definition) is 7. The largest absolute Gasteiger partial charge is 0.474 e. The van der Waals surface area contributed by atoms with Crippen molar-refractivity contribution in [3.63, 3.8) is 0 Å². The molecule has 326 valence electrons. The molecule has 0 radical (unpaired) electrons. The van der Waals surface area contributed by atoms with Crippen LogP contribution >= 0.6 is 0 Å². The van der Waals surface area contributed by atoms with Crippen LogP contribution in [0.4, 0.5) is 0 Å². The number of aliphatic hydroxyl groups excluding tert-OH is 1. The monoisotopic (exact) mass is 807 g/mol. The molecule has 3 rings (SSSR count). The number of terminal acetylenes is 2. The predicted octanol–water partition coefficient (Wildman–Crippen LogP) is 9.97. The fourth-order valence-electron chi connectivity index (χ4n) is 3.63. The first kappa shape index (κ1) is 66.7. The minimum atomic E-state index is -3.13. The van der Waals surface area contributed by atoms with Gasteiger partial charge in [0.2, 0.25) is 15.9 Å². The molecule has 1 aromatic carbocycles. The third-order valence-corrected chi connectivity index (χ3v) is 8.01. The Morgan fingerprint density at radius 1 is 0.964 bits per heavy atom. The zero-order valence-electron chi connectivity index (χ0n) is 38.4. The lowest BCUT2D eigenvalue weighted by molar-refractivity contribution is -0.125. The lowest BCUT2D eigenvalue weighted by Gasteiger charge is -2.29. The molecule has 4 N–H and O–H groups in total. The lowest BCUT2D eigenvalue weighted by Crippen LogP contribution is -2.44. The van der Waals surface area contributed by atoms with Crippen molar-refractivity contribution in [1.29, 1.82) is 0 Å². The molecule has 1 saturated carbocycles. The highest BCUT2D eigenvalue weighted by Crippen LogP contribution is 2.25. The van der Waals surface area contributed by atoms with Crippen molar-refractivity contribution in [2.45, 2.75) is 159 Å². The maximum absolute atomic E-state index is 12.3. The summed E-state index contributed by atoms with van der Waals surface area (Å²) in [6.45, 7) is 47.9. The van der Waals surface area contributed by atoms with Gasteiger partial charge in [0.05, 0.1) is 17.9 Å². The zero-order valence-corrected chi connectivity index (χ0v) is 39.2. The van der Waals surface area contributed by atoms with Gasteiger partial charge in [-0.15, -0.1) is 38.9 Å². The summed E-state index contributed by atoms with van der Waals surface area (Å²) in [6, 6.07) is 10.2. The molecular weight excluding hydrogens is 721 g/mol. The average Bonchev–Trinajstić information content (AvgIpc) is 3.91. The minimum Gasteiger partial charge on any atom is -0.474 e. The van der Waals surface area contributed by atoms with Crippen LogP contribution < -0.4 is 15.4 Å². The van der Waals surface area contributed by atoms with Crippen molar-refractivity contribution in [3.8, 4) is 25.7 Å². The number of likely N-dealkylation sites (tertiary alicyclic amines) is 1. The van der Waals surface area contributed by atoms with E-state index in [0.717, 1.165) is 24.5 Å². The fraction of sp³-hybridized carbons (Fsp3) is 0.587. The standard InChI is InChI=1S/C17H29N3O3.C7H8.C6H13NO2S.C4H10.3C2H6.C2H4.2C2H2/c1-11(9-18-12(2)23-17(3,4)5)20-10-14(21)8-15(20)16(22)19-13-6-7-13;1-7-5-3-2-4-6-7;1-4-6(3)10(8,9)7-5-2;1-4(2)3;6*1-2/h13-15,18,21H,1-2,6-10H2,3-5H3,(H,19,22);2-6H,1H3;5-7H,2,4H2,1,3H3;4H,1-3H3;3*1-2H3;1-2H2;2*1-2H/t14-,15-;;;;;;;;;/m0........./s1. The Kier molecular flexibility index (Phi) is 51.9. The van der Waals surface area contributed by atoms with Crippen LogP contribution in [0.5, 0.6) is 0 Å². The van der Waals surface area contributed by atoms with Gasteiger partial charge in [0.1, 0.15) is 11.6 Å². The van der Waals surface area contributed by atoms with Crippen molar-refractivity contribution in [2.75, 3.05) is 13.1 Å². The molecule has 56 heavy (non-hydrogen) atoms. The summed E-state index contributed by atoms with van der Waals surface area (Å²) in [4.78, 5) is 14.2. The highest BCUT2D eigenvalue weighted by atomic mass is 32.2. The van der Waals surface area contributed by atoms with Gasteiger partial charge in [-0.25, -0.2) is 8.42 Å². The Hall–Kier alpha value is -4.12. The van der Waals surface area contributed by atoms with Crippen molar-refractivity contribution in [3.05, 3.63) is 86.6 Å². The van der Waals surface area contributed by atoms with Crippen molar-refractivity contribution < 1.29 is 23.1 Å². The van der Waals surface area contributed by atoms with Gasteiger partial charge in [0.25, 0.3) is 0 Å². The van der Waals surface area contributed by atoms with Gasteiger partial charge < -0.3 is 25.4 Å². The number of carbonyl (C=O) groups excluding carboxylic acids is 1. The number of aryl methyl sites for hydroxylation is 1. The normalized spacial score (nSPS) is 14.7. The Balaban J connectivity index is -0.000000121. The number of benzene rings is 1. The average molecular weight is 807 g/mol. The summed E-state index contributed by atoms with van der Waals surface area (Å²) in [7, 11) is -3.13. The quantitative estimate of drug-likeness (QED) is 0.0999. The Morgan fingerprint density at radius 2 is 1.39 bits per heavy atom. The van der Waals surface area contributed by atoms with Crippen molar-refractivity contribution in [2.24, 2.45) is 5.92 Å². The summed E-state index contributed by atoms with van der Waals surface area (Å²) in [5.74, 6) is 1.28. The summed E-state index contributed by atoms with van der Waals surface area (Å²) in [6.07, 6.45) is 19.8. The first-order valence-corrected chi connectivity index (χ1v) is 21.2. The molecule has 0 spiro atoms. The predicted molar refractivity (Wildman–Crippen MR) is 248 cm³/mol. The van der Waals surface area contributed by atoms with Crippen molar-refractivity contribution in [1.82, 2.24) is 20.3 Å². The van der Waals surface area contributed by atoms with E-state index in [1.807, 2.05) is 92.3 Å². The zero-order chi connectivity index (χ0) is 46.1. The topological polar surface area (TPSA) is 120 Å². The maximum Gasteiger partial charge on any atom is 0.243 e. The molecule has 1 aliphatic carbocycles. The molecule has 9 nitrogen and oxygen atoms in total. The SMILES string of the molecule is C#C.C#C.C=C.C=C(NCC(=C)N1C[C@@H](O)C[C@H]1C(=O)NC1CC1)OC(C)(C)C.C=CNS(=O)(=O)C(C)CC.CC.CC.CC.CC(C)C.Cc1ccccc1. The lowest BCUT2D eigenvalue weighted by atomic mass is 10.2. The van der Waals surface area contributed by atoms with Gasteiger partial charge >= 0.3 is 0 Å². The number of sulfonamides is 1. The third-order valence-electron chi connectivity index (χ3n) is 6.12. The second-order valence-electron chi connectivity index (χ2n) is 12.9. The van der Waals surface area contributed by atoms with Gasteiger partial charge in [0, 0.05) is 30.9 Å². The molecule has 2 fully saturated rings. The number of amides is 1. The molecule has 1 aromatic rings. The van der Waals surface area contributed by atoms with Crippen LogP contribution in [0.25, 0.3) is 0 Å². The molecule has 1 aliphatic heterocycles. The molecule has 1 amide bonds. The van der Waals surface area contributed by atoms with E-state index in [9.17, 15) is 18.3 Å². The van der Waals surface area contributed by atoms with E-state index in [1.165, 1.54) is 11.8 Å². The van der Waals surface area contributed by atoms with E-state index in [-0.39, 0.29) is 22.8 Å². The number of hydrogen-bond donors (Lipinski definition) is 4. The highest BCUT2D eigenvalue weighted by molar-refractivity contribution is 7.90. The van der Waals surface area contributed by atoms with Crippen LogP contribution in [-0.2, 0) is 19.6 Å². The molecule has 10 heteroatoms. The number of rotatable bonds is 11. The van der Waals surface area contributed by atoms with E-state index in [0.29, 0.717) is 37.9 Å². The van der Waals surface area contributed by atoms with Crippen LogP contribution in [0.3, 0.4) is 0 Å². The molecule has 0 aromatic heterocycles. The maximum atomic E-state index is 12.3.